The lowest BCUT2D eigenvalue weighted by Gasteiger charge is -2.16. The Morgan fingerprint density at radius 2 is 2.25 bits per heavy atom. The molecule has 1 amide bonds. The molecular formula is C12H12N2OS. The van der Waals surface area contributed by atoms with Crippen LogP contribution in [0.3, 0.4) is 0 Å². The van der Waals surface area contributed by atoms with Crippen molar-refractivity contribution in [1.29, 1.82) is 0 Å². The van der Waals surface area contributed by atoms with Crippen LogP contribution >= 0.6 is 11.3 Å². The van der Waals surface area contributed by atoms with Crippen LogP contribution in [0.5, 0.6) is 0 Å². The van der Waals surface area contributed by atoms with Crippen molar-refractivity contribution >= 4 is 27.5 Å². The average Bonchev–Trinajstić information content (AvgIpc) is 2.84. The molecule has 3 nitrogen and oxygen atoms in total. The second-order valence-corrected chi connectivity index (χ2v) is 5.14. The van der Waals surface area contributed by atoms with Gasteiger partial charge in [-0.1, -0.05) is 12.1 Å². The molecule has 0 bridgehead atoms. The standard InChI is InChI=1S/C12H12N2OS/c1-14-9(6-7-11(14)15)12-13-8-4-2-3-5-10(8)16-12/h2-5,9H,6-7H2,1H3/t9-/m1/s1. The predicted molar refractivity (Wildman–Crippen MR) is 64.4 cm³/mol. The number of aromatic nitrogens is 1. The minimum atomic E-state index is 0.185. The van der Waals surface area contributed by atoms with Gasteiger partial charge >= 0.3 is 0 Å². The Balaban J connectivity index is 2.03. The first-order valence-corrected chi connectivity index (χ1v) is 6.18. The topological polar surface area (TPSA) is 33.2 Å². The summed E-state index contributed by atoms with van der Waals surface area (Å²) < 4.78 is 1.20. The van der Waals surface area contributed by atoms with E-state index in [9.17, 15) is 4.79 Å². The first kappa shape index (κ1) is 9.78. The Kier molecular flexibility index (Phi) is 2.17. The quantitative estimate of drug-likeness (QED) is 0.757. The van der Waals surface area contributed by atoms with Crippen molar-refractivity contribution in [2.45, 2.75) is 18.9 Å². The Morgan fingerprint density at radius 3 is 2.94 bits per heavy atom. The molecule has 1 aromatic heterocycles. The highest BCUT2D eigenvalue weighted by molar-refractivity contribution is 7.18. The molecule has 1 fully saturated rings. The number of rotatable bonds is 1. The molecule has 4 heteroatoms. The lowest BCUT2D eigenvalue weighted by atomic mass is 10.2. The van der Waals surface area contributed by atoms with Crippen LogP contribution in [0.2, 0.25) is 0 Å². The molecule has 1 saturated heterocycles. The number of nitrogens with zero attached hydrogens (tertiary/aromatic N) is 2. The minimum absolute atomic E-state index is 0.185. The first-order chi connectivity index (χ1) is 7.75. The van der Waals surface area contributed by atoms with Crippen molar-refractivity contribution in [2.75, 3.05) is 7.05 Å². The molecule has 3 rings (SSSR count). The summed E-state index contributed by atoms with van der Waals surface area (Å²) in [6, 6.07) is 8.30. The van der Waals surface area contributed by atoms with Crippen molar-refractivity contribution in [1.82, 2.24) is 9.88 Å². The fourth-order valence-electron chi connectivity index (χ4n) is 2.13. The summed E-state index contributed by atoms with van der Waals surface area (Å²) >= 11 is 1.70. The van der Waals surface area contributed by atoms with E-state index in [0.29, 0.717) is 6.42 Å². The van der Waals surface area contributed by atoms with Gasteiger partial charge in [-0.05, 0) is 18.6 Å². The second-order valence-electron chi connectivity index (χ2n) is 4.08. The fourth-order valence-corrected chi connectivity index (χ4v) is 3.27. The molecule has 0 saturated carbocycles. The highest BCUT2D eigenvalue weighted by atomic mass is 32.1. The van der Waals surface area contributed by atoms with E-state index in [1.54, 1.807) is 11.3 Å². The van der Waals surface area contributed by atoms with Gasteiger partial charge in [-0.15, -0.1) is 11.3 Å². The Morgan fingerprint density at radius 1 is 1.44 bits per heavy atom. The van der Waals surface area contributed by atoms with Crippen molar-refractivity contribution in [3.8, 4) is 0 Å². The van der Waals surface area contributed by atoms with Gasteiger partial charge in [0.1, 0.15) is 5.01 Å². The predicted octanol–water partition coefficient (Wildman–Crippen LogP) is 2.59. The van der Waals surface area contributed by atoms with Gasteiger partial charge in [0.05, 0.1) is 16.3 Å². The largest absolute Gasteiger partial charge is 0.336 e. The maximum atomic E-state index is 11.5. The number of amides is 1. The van der Waals surface area contributed by atoms with E-state index in [0.717, 1.165) is 16.9 Å². The highest BCUT2D eigenvalue weighted by Crippen LogP contribution is 2.35. The van der Waals surface area contributed by atoms with Gasteiger partial charge < -0.3 is 4.90 Å². The van der Waals surface area contributed by atoms with E-state index in [2.05, 4.69) is 11.1 Å². The van der Waals surface area contributed by atoms with Gasteiger partial charge in [-0.2, -0.15) is 0 Å². The normalized spacial score (nSPS) is 20.9. The Bertz CT molecular complexity index is 516. The number of carbonyl (C=O) groups excluding carboxylic acids is 1. The summed E-state index contributed by atoms with van der Waals surface area (Å²) in [7, 11) is 1.87. The Hall–Kier alpha value is -1.42. The first-order valence-electron chi connectivity index (χ1n) is 5.37. The Labute approximate surface area is 97.7 Å². The summed E-state index contributed by atoms with van der Waals surface area (Å²) in [5, 5.41) is 1.06. The zero-order valence-electron chi connectivity index (χ0n) is 9.01. The molecule has 1 aliphatic heterocycles. The summed E-state index contributed by atoms with van der Waals surface area (Å²) in [5.74, 6) is 0.226. The van der Waals surface area contributed by atoms with Gasteiger partial charge in [0.15, 0.2) is 0 Å². The molecule has 0 aliphatic carbocycles. The molecule has 82 valence electrons. The molecule has 2 aromatic rings. The van der Waals surface area contributed by atoms with E-state index in [4.69, 9.17) is 0 Å². The molecule has 0 unspecified atom stereocenters. The number of fused-ring (bicyclic) bond motifs is 1. The van der Waals surface area contributed by atoms with Gasteiger partial charge in [-0.3, -0.25) is 4.79 Å². The third-order valence-corrected chi connectivity index (χ3v) is 4.23. The fraction of sp³-hybridized carbons (Fsp3) is 0.333. The minimum Gasteiger partial charge on any atom is -0.336 e. The molecule has 1 atom stereocenters. The summed E-state index contributed by atoms with van der Waals surface area (Å²) in [5.41, 5.74) is 1.04. The average molecular weight is 232 g/mol. The van der Waals surface area contributed by atoms with Crippen LogP contribution in [-0.4, -0.2) is 22.8 Å². The monoisotopic (exact) mass is 232 g/mol. The van der Waals surface area contributed by atoms with Crippen LogP contribution in [0.4, 0.5) is 0 Å². The number of para-hydroxylation sites is 1. The van der Waals surface area contributed by atoms with Gasteiger partial charge in [0.25, 0.3) is 0 Å². The summed E-state index contributed by atoms with van der Waals surface area (Å²) in [6.45, 7) is 0. The number of carbonyl (C=O) groups is 1. The number of thiazole rings is 1. The molecule has 0 N–H and O–H groups in total. The van der Waals surface area contributed by atoms with Gasteiger partial charge in [0, 0.05) is 13.5 Å². The highest BCUT2D eigenvalue weighted by Gasteiger charge is 2.31. The van der Waals surface area contributed by atoms with Crippen molar-refractivity contribution in [3.63, 3.8) is 0 Å². The molecular weight excluding hydrogens is 220 g/mol. The van der Waals surface area contributed by atoms with Crippen LogP contribution in [0.15, 0.2) is 24.3 Å². The maximum absolute atomic E-state index is 11.5. The van der Waals surface area contributed by atoms with E-state index in [1.807, 2.05) is 30.1 Å². The lowest BCUT2D eigenvalue weighted by Crippen LogP contribution is -2.22. The number of benzene rings is 1. The van der Waals surface area contributed by atoms with Crippen LogP contribution in [0.25, 0.3) is 10.2 Å². The summed E-state index contributed by atoms with van der Waals surface area (Å²) in [6.07, 6.45) is 1.55. The molecule has 2 heterocycles. The van der Waals surface area contributed by atoms with Crippen LogP contribution in [0, 0.1) is 0 Å². The lowest BCUT2D eigenvalue weighted by molar-refractivity contribution is -0.127. The van der Waals surface area contributed by atoms with E-state index in [1.165, 1.54) is 4.70 Å². The molecule has 1 aromatic carbocycles. The van der Waals surface area contributed by atoms with Crippen LogP contribution in [0.1, 0.15) is 23.9 Å². The van der Waals surface area contributed by atoms with Crippen molar-refractivity contribution in [3.05, 3.63) is 29.3 Å². The second kappa shape index (κ2) is 3.56. The zero-order chi connectivity index (χ0) is 11.1. The van der Waals surface area contributed by atoms with Crippen LogP contribution in [-0.2, 0) is 4.79 Å². The van der Waals surface area contributed by atoms with Gasteiger partial charge in [0.2, 0.25) is 5.91 Å². The van der Waals surface area contributed by atoms with Gasteiger partial charge in [-0.25, -0.2) is 4.98 Å². The van der Waals surface area contributed by atoms with Crippen molar-refractivity contribution in [2.24, 2.45) is 0 Å². The van der Waals surface area contributed by atoms with E-state index >= 15 is 0 Å². The third kappa shape index (κ3) is 1.41. The van der Waals surface area contributed by atoms with Crippen LogP contribution < -0.4 is 0 Å². The number of hydrogen-bond acceptors (Lipinski definition) is 3. The number of likely N-dealkylation sites (tertiary alicyclic amines) is 1. The SMILES string of the molecule is CN1C(=O)CC[C@@H]1c1nc2ccccc2s1. The zero-order valence-corrected chi connectivity index (χ0v) is 9.83. The van der Waals surface area contributed by atoms with E-state index < -0.39 is 0 Å². The number of hydrogen-bond donors (Lipinski definition) is 0. The van der Waals surface area contributed by atoms with E-state index in [-0.39, 0.29) is 11.9 Å². The maximum Gasteiger partial charge on any atom is 0.222 e. The molecule has 16 heavy (non-hydrogen) atoms. The van der Waals surface area contributed by atoms with Crippen molar-refractivity contribution < 1.29 is 4.79 Å². The third-order valence-electron chi connectivity index (χ3n) is 3.09. The molecule has 1 aliphatic rings. The summed E-state index contributed by atoms with van der Waals surface area (Å²) in [4.78, 5) is 17.9. The molecule has 0 radical (unpaired) electrons. The molecule has 0 spiro atoms. The smallest absolute Gasteiger partial charge is 0.222 e.